The molecular weight excluding hydrogens is 338 g/mol. The molecule has 1 aliphatic rings. The third-order valence-electron chi connectivity index (χ3n) is 5.17. The van der Waals surface area contributed by atoms with Crippen LogP contribution in [-0.2, 0) is 30.7 Å². The Balaban J connectivity index is 1.57. The van der Waals surface area contributed by atoms with Gasteiger partial charge in [0.2, 0.25) is 0 Å². The van der Waals surface area contributed by atoms with Crippen LogP contribution in [0.5, 0.6) is 0 Å². The molecule has 2 aromatic heterocycles. The first-order chi connectivity index (χ1) is 13.2. The van der Waals surface area contributed by atoms with Crippen molar-refractivity contribution in [2.75, 3.05) is 13.2 Å². The smallest absolute Gasteiger partial charge is 0.156 e. The number of imidazole rings is 1. The van der Waals surface area contributed by atoms with Gasteiger partial charge in [-0.05, 0) is 18.9 Å². The lowest BCUT2D eigenvalue weighted by Gasteiger charge is -2.09. The van der Waals surface area contributed by atoms with E-state index in [1.807, 2.05) is 12.4 Å². The zero-order valence-corrected chi connectivity index (χ0v) is 16.1. The van der Waals surface area contributed by atoms with Gasteiger partial charge in [0.25, 0.3) is 0 Å². The van der Waals surface area contributed by atoms with Crippen molar-refractivity contribution in [3.63, 3.8) is 0 Å². The number of hydrogen-bond donors (Lipinski definition) is 0. The van der Waals surface area contributed by atoms with Crippen LogP contribution in [0.3, 0.4) is 0 Å². The molecule has 0 amide bonds. The minimum atomic E-state index is 0.321. The summed E-state index contributed by atoms with van der Waals surface area (Å²) in [6, 6.07) is 8.60. The van der Waals surface area contributed by atoms with Crippen molar-refractivity contribution in [2.24, 2.45) is 0 Å². The SMILES string of the molecule is CCc1nccn1CCc1nc([C@@H]2CCOC2)nn1Cc1cccc(C)c1. The molecule has 1 atom stereocenters. The van der Waals surface area contributed by atoms with Gasteiger partial charge in [-0.1, -0.05) is 36.8 Å². The maximum atomic E-state index is 5.54. The van der Waals surface area contributed by atoms with Crippen LogP contribution in [0, 0.1) is 6.92 Å². The molecule has 3 heterocycles. The van der Waals surface area contributed by atoms with Crippen LogP contribution in [0.25, 0.3) is 0 Å². The van der Waals surface area contributed by atoms with Crippen LogP contribution in [0.1, 0.15) is 47.9 Å². The van der Waals surface area contributed by atoms with Gasteiger partial charge in [0.05, 0.1) is 13.2 Å². The summed E-state index contributed by atoms with van der Waals surface area (Å²) in [5.41, 5.74) is 2.52. The topological polar surface area (TPSA) is 57.8 Å². The zero-order valence-electron chi connectivity index (χ0n) is 16.1. The van der Waals surface area contributed by atoms with Gasteiger partial charge in [0.15, 0.2) is 5.82 Å². The Bertz CT molecular complexity index is 892. The minimum absolute atomic E-state index is 0.321. The third-order valence-corrected chi connectivity index (χ3v) is 5.17. The summed E-state index contributed by atoms with van der Waals surface area (Å²) in [5.74, 6) is 3.40. The number of aryl methyl sites for hydroxylation is 4. The molecule has 6 nitrogen and oxygen atoms in total. The zero-order chi connectivity index (χ0) is 18.6. The van der Waals surface area contributed by atoms with Gasteiger partial charge in [-0.15, -0.1) is 0 Å². The van der Waals surface area contributed by atoms with E-state index in [1.165, 1.54) is 11.1 Å². The third kappa shape index (κ3) is 4.11. The number of aromatic nitrogens is 5. The van der Waals surface area contributed by atoms with E-state index in [9.17, 15) is 0 Å². The van der Waals surface area contributed by atoms with Gasteiger partial charge in [0, 0.05) is 44.3 Å². The molecule has 142 valence electrons. The van der Waals surface area contributed by atoms with Gasteiger partial charge in [0.1, 0.15) is 11.6 Å². The Morgan fingerprint density at radius 2 is 2.19 bits per heavy atom. The fourth-order valence-electron chi connectivity index (χ4n) is 3.68. The van der Waals surface area contributed by atoms with Crippen LogP contribution in [0.15, 0.2) is 36.7 Å². The van der Waals surface area contributed by atoms with Crippen LogP contribution < -0.4 is 0 Å². The predicted molar refractivity (Wildman–Crippen MR) is 104 cm³/mol. The average Bonchev–Trinajstić information content (AvgIpc) is 3.40. The molecule has 0 aliphatic carbocycles. The van der Waals surface area contributed by atoms with Crippen molar-refractivity contribution in [1.29, 1.82) is 0 Å². The standard InChI is InChI=1S/C21H27N5O/c1-3-19-22-9-11-25(19)10-7-20-23-21(18-8-12-27-15-18)24-26(20)14-17-6-4-5-16(2)13-17/h4-6,9,11,13,18H,3,7-8,10,12,14-15H2,1-2H3/t18-/m1/s1. The number of hydrogen-bond acceptors (Lipinski definition) is 4. The Morgan fingerprint density at radius 1 is 1.26 bits per heavy atom. The fourth-order valence-corrected chi connectivity index (χ4v) is 3.68. The first-order valence-electron chi connectivity index (χ1n) is 9.80. The summed E-state index contributed by atoms with van der Waals surface area (Å²) in [6.45, 7) is 7.42. The Morgan fingerprint density at radius 3 is 2.96 bits per heavy atom. The van der Waals surface area contributed by atoms with E-state index >= 15 is 0 Å². The highest BCUT2D eigenvalue weighted by atomic mass is 16.5. The van der Waals surface area contributed by atoms with Gasteiger partial charge in [-0.3, -0.25) is 0 Å². The number of ether oxygens (including phenoxy) is 1. The highest BCUT2D eigenvalue weighted by Crippen LogP contribution is 2.23. The summed E-state index contributed by atoms with van der Waals surface area (Å²) in [6.07, 6.45) is 6.71. The van der Waals surface area contributed by atoms with Gasteiger partial charge >= 0.3 is 0 Å². The first kappa shape index (κ1) is 17.9. The van der Waals surface area contributed by atoms with E-state index in [2.05, 4.69) is 52.3 Å². The largest absolute Gasteiger partial charge is 0.381 e. The van der Waals surface area contributed by atoms with E-state index in [4.69, 9.17) is 14.8 Å². The maximum absolute atomic E-state index is 5.54. The molecule has 0 saturated carbocycles. The molecule has 1 saturated heterocycles. The Labute approximate surface area is 160 Å². The molecular formula is C21H27N5O. The van der Waals surface area contributed by atoms with Gasteiger partial charge < -0.3 is 9.30 Å². The number of nitrogens with zero attached hydrogens (tertiary/aromatic N) is 5. The Kier molecular flexibility index (Phi) is 5.34. The van der Waals surface area contributed by atoms with E-state index in [0.717, 1.165) is 63.0 Å². The van der Waals surface area contributed by atoms with Crippen LogP contribution in [0.4, 0.5) is 0 Å². The Hall–Kier alpha value is -2.47. The molecule has 0 unspecified atom stereocenters. The molecule has 0 bridgehead atoms. The average molecular weight is 365 g/mol. The fraction of sp³-hybridized carbons (Fsp3) is 0.476. The quantitative estimate of drug-likeness (QED) is 0.645. The second kappa shape index (κ2) is 8.05. The van der Waals surface area contributed by atoms with Crippen molar-refractivity contribution in [2.45, 2.75) is 52.1 Å². The highest BCUT2D eigenvalue weighted by Gasteiger charge is 2.23. The van der Waals surface area contributed by atoms with Crippen molar-refractivity contribution in [3.8, 4) is 0 Å². The molecule has 1 fully saturated rings. The summed E-state index contributed by atoms with van der Waals surface area (Å²) in [5, 5.41) is 4.86. The monoisotopic (exact) mass is 365 g/mol. The first-order valence-corrected chi connectivity index (χ1v) is 9.80. The summed E-state index contributed by atoms with van der Waals surface area (Å²) < 4.78 is 9.83. The molecule has 1 aliphatic heterocycles. The van der Waals surface area contributed by atoms with Crippen molar-refractivity contribution in [1.82, 2.24) is 24.3 Å². The van der Waals surface area contributed by atoms with Gasteiger partial charge in [-0.2, -0.15) is 5.10 Å². The minimum Gasteiger partial charge on any atom is -0.381 e. The molecule has 0 spiro atoms. The molecule has 27 heavy (non-hydrogen) atoms. The van der Waals surface area contributed by atoms with E-state index in [-0.39, 0.29) is 0 Å². The second-order valence-corrected chi connectivity index (χ2v) is 7.23. The molecule has 0 N–H and O–H groups in total. The molecule has 0 radical (unpaired) electrons. The van der Waals surface area contributed by atoms with Crippen LogP contribution in [-0.4, -0.2) is 37.5 Å². The van der Waals surface area contributed by atoms with Crippen LogP contribution in [0.2, 0.25) is 0 Å². The second-order valence-electron chi connectivity index (χ2n) is 7.23. The lowest BCUT2D eigenvalue weighted by atomic mass is 10.1. The lowest BCUT2D eigenvalue weighted by Crippen LogP contribution is -2.11. The summed E-state index contributed by atoms with van der Waals surface area (Å²) >= 11 is 0. The molecule has 3 aromatic rings. The summed E-state index contributed by atoms with van der Waals surface area (Å²) in [7, 11) is 0. The van der Waals surface area contributed by atoms with Gasteiger partial charge in [-0.25, -0.2) is 14.6 Å². The van der Waals surface area contributed by atoms with Crippen molar-refractivity contribution >= 4 is 0 Å². The molecule has 4 rings (SSSR count). The van der Waals surface area contributed by atoms with E-state index in [1.54, 1.807) is 0 Å². The normalized spacial score (nSPS) is 16.9. The maximum Gasteiger partial charge on any atom is 0.156 e. The number of rotatable bonds is 7. The number of benzene rings is 1. The summed E-state index contributed by atoms with van der Waals surface area (Å²) in [4.78, 5) is 9.32. The van der Waals surface area contributed by atoms with E-state index in [0.29, 0.717) is 5.92 Å². The molecule has 1 aromatic carbocycles. The molecule has 6 heteroatoms. The van der Waals surface area contributed by atoms with Crippen molar-refractivity contribution in [3.05, 3.63) is 65.3 Å². The van der Waals surface area contributed by atoms with E-state index < -0.39 is 0 Å². The van der Waals surface area contributed by atoms with Crippen LogP contribution >= 0.6 is 0 Å². The van der Waals surface area contributed by atoms with Crippen molar-refractivity contribution < 1.29 is 4.74 Å². The highest BCUT2D eigenvalue weighted by molar-refractivity contribution is 5.22. The lowest BCUT2D eigenvalue weighted by molar-refractivity contribution is 0.193. The predicted octanol–water partition coefficient (Wildman–Crippen LogP) is 3.14.